The Bertz CT molecular complexity index is 347. The lowest BCUT2D eigenvalue weighted by Gasteiger charge is -2.38. The maximum absolute atomic E-state index is 9.52. The summed E-state index contributed by atoms with van der Waals surface area (Å²) in [6, 6.07) is 0. The van der Waals surface area contributed by atoms with Crippen molar-refractivity contribution in [1.29, 1.82) is 0 Å². The average molecular weight is 264 g/mol. The Kier molecular flexibility index (Phi) is 5.25. The molecule has 1 nitrogen and oxygen atoms in total. The molecule has 0 aromatic heterocycles. The first-order chi connectivity index (χ1) is 8.30. The van der Waals surface area contributed by atoms with Gasteiger partial charge in [-0.2, -0.15) is 0 Å². The predicted octanol–water partition coefficient (Wildman–Crippen LogP) is 4.29. The van der Waals surface area contributed by atoms with E-state index >= 15 is 0 Å². The first-order valence-corrected chi connectivity index (χ1v) is 9.45. The van der Waals surface area contributed by atoms with Gasteiger partial charge in [0.05, 0.1) is 6.10 Å². The summed E-state index contributed by atoms with van der Waals surface area (Å²) in [5, 5.41) is 9.52. The van der Waals surface area contributed by atoms with Gasteiger partial charge in [0.1, 0.15) is 8.07 Å². The van der Waals surface area contributed by atoms with Crippen LogP contribution in [0.2, 0.25) is 16.6 Å². The van der Waals surface area contributed by atoms with Crippen molar-refractivity contribution in [1.82, 2.24) is 0 Å². The number of aliphatic hydroxyl groups is 1. The average Bonchev–Trinajstić information content (AvgIpc) is 2.63. The number of rotatable bonds is 3. The molecule has 0 saturated heterocycles. The fraction of sp³-hybridized carbons (Fsp3) is 0.750. The van der Waals surface area contributed by atoms with Gasteiger partial charge >= 0.3 is 0 Å². The molecule has 1 aliphatic rings. The summed E-state index contributed by atoms with van der Waals surface area (Å²) < 4.78 is 0. The van der Waals surface area contributed by atoms with E-state index in [4.69, 9.17) is 0 Å². The van der Waals surface area contributed by atoms with Crippen molar-refractivity contribution < 1.29 is 5.11 Å². The quantitative estimate of drug-likeness (QED) is 0.595. The zero-order valence-corrected chi connectivity index (χ0v) is 13.7. The Morgan fingerprint density at radius 1 is 1.11 bits per heavy atom. The van der Waals surface area contributed by atoms with Gasteiger partial charge in [-0.05, 0) is 35.5 Å². The molecular weight excluding hydrogens is 236 g/mol. The minimum Gasteiger partial charge on any atom is -0.389 e. The maximum atomic E-state index is 9.52. The Morgan fingerprint density at radius 3 is 1.94 bits per heavy atom. The van der Waals surface area contributed by atoms with Crippen LogP contribution in [0.5, 0.6) is 0 Å². The third kappa shape index (κ3) is 3.08. The summed E-state index contributed by atoms with van der Waals surface area (Å²) in [5.74, 6) is 3.41. The second-order valence-electron chi connectivity index (χ2n) is 6.45. The van der Waals surface area contributed by atoms with Crippen LogP contribution < -0.4 is 0 Å². The van der Waals surface area contributed by atoms with Crippen molar-refractivity contribution in [2.24, 2.45) is 0 Å². The molecule has 1 rings (SSSR count). The van der Waals surface area contributed by atoms with Gasteiger partial charge in [-0.25, -0.2) is 0 Å². The van der Waals surface area contributed by atoms with E-state index in [0.29, 0.717) is 16.6 Å². The molecule has 0 amide bonds. The van der Waals surface area contributed by atoms with Gasteiger partial charge in [0.2, 0.25) is 0 Å². The predicted molar refractivity (Wildman–Crippen MR) is 82.1 cm³/mol. The van der Waals surface area contributed by atoms with Crippen molar-refractivity contribution in [2.75, 3.05) is 0 Å². The van der Waals surface area contributed by atoms with Crippen LogP contribution in [-0.2, 0) is 0 Å². The van der Waals surface area contributed by atoms with E-state index in [9.17, 15) is 5.11 Å². The molecule has 0 aromatic carbocycles. The molecule has 0 bridgehead atoms. The second-order valence-corrected chi connectivity index (χ2v) is 12.0. The molecule has 102 valence electrons. The van der Waals surface area contributed by atoms with Crippen molar-refractivity contribution >= 4 is 8.07 Å². The van der Waals surface area contributed by atoms with Crippen LogP contribution in [0.25, 0.3) is 0 Å². The van der Waals surface area contributed by atoms with Gasteiger partial charge in [-0.15, -0.1) is 5.54 Å². The molecule has 0 unspecified atom stereocenters. The second kappa shape index (κ2) is 6.08. The Balaban J connectivity index is 3.06. The fourth-order valence-corrected chi connectivity index (χ4v) is 8.67. The monoisotopic (exact) mass is 264 g/mol. The molecule has 0 saturated carbocycles. The Labute approximate surface area is 114 Å². The van der Waals surface area contributed by atoms with Crippen molar-refractivity contribution in [2.45, 2.75) is 77.1 Å². The van der Waals surface area contributed by atoms with Gasteiger partial charge in [0, 0.05) is 5.57 Å². The highest BCUT2D eigenvalue weighted by Crippen LogP contribution is 2.40. The maximum Gasteiger partial charge on any atom is 0.146 e. The zero-order chi connectivity index (χ0) is 13.9. The van der Waals surface area contributed by atoms with Crippen molar-refractivity contribution in [3.8, 4) is 11.5 Å². The lowest BCUT2D eigenvalue weighted by molar-refractivity contribution is 0.223. The molecule has 2 heteroatoms. The molecule has 0 spiro atoms. The highest BCUT2D eigenvalue weighted by Gasteiger charge is 2.41. The highest BCUT2D eigenvalue weighted by atomic mass is 28.3. The summed E-state index contributed by atoms with van der Waals surface area (Å²) in [7, 11) is -1.60. The van der Waals surface area contributed by atoms with E-state index in [-0.39, 0.29) is 6.10 Å². The van der Waals surface area contributed by atoms with Crippen LogP contribution in [0.4, 0.5) is 0 Å². The zero-order valence-electron chi connectivity index (χ0n) is 12.7. The van der Waals surface area contributed by atoms with Gasteiger partial charge < -0.3 is 5.11 Å². The van der Waals surface area contributed by atoms with Crippen LogP contribution in [0, 0.1) is 11.5 Å². The van der Waals surface area contributed by atoms with E-state index in [1.807, 2.05) is 6.08 Å². The van der Waals surface area contributed by atoms with Crippen LogP contribution in [-0.4, -0.2) is 19.3 Å². The molecular formula is C16H28OSi. The first-order valence-electron chi connectivity index (χ1n) is 7.22. The molecule has 0 aromatic rings. The van der Waals surface area contributed by atoms with Gasteiger partial charge in [-0.1, -0.05) is 47.5 Å². The number of hydrogen-bond acceptors (Lipinski definition) is 1. The summed E-state index contributed by atoms with van der Waals surface area (Å²) in [5.41, 5.74) is 6.89. The molecule has 1 atom stereocenters. The lowest BCUT2D eigenvalue weighted by Crippen LogP contribution is -2.43. The molecule has 0 aliphatic heterocycles. The minimum absolute atomic E-state index is 0.262. The summed E-state index contributed by atoms with van der Waals surface area (Å²) in [6.07, 6.45) is 3.48. The third-order valence-electron chi connectivity index (χ3n) is 4.41. The van der Waals surface area contributed by atoms with Gasteiger partial charge in [0.15, 0.2) is 0 Å². The van der Waals surface area contributed by atoms with E-state index < -0.39 is 8.07 Å². The molecule has 1 aliphatic carbocycles. The molecule has 0 fully saturated rings. The highest BCUT2D eigenvalue weighted by molar-refractivity contribution is 6.90. The fourth-order valence-electron chi connectivity index (χ4n) is 3.43. The van der Waals surface area contributed by atoms with E-state index in [1.165, 1.54) is 0 Å². The Hall–Kier alpha value is -0.523. The van der Waals surface area contributed by atoms with Gasteiger partial charge in [0.25, 0.3) is 0 Å². The van der Waals surface area contributed by atoms with Crippen molar-refractivity contribution in [3.05, 3.63) is 11.6 Å². The van der Waals surface area contributed by atoms with E-state index in [2.05, 4.69) is 53.0 Å². The number of allylic oxidation sites excluding steroid dienone is 1. The summed E-state index contributed by atoms with van der Waals surface area (Å²) in [4.78, 5) is 0. The number of hydrogen-bond donors (Lipinski definition) is 1. The topological polar surface area (TPSA) is 20.2 Å². The summed E-state index contributed by atoms with van der Waals surface area (Å²) in [6.45, 7) is 14.0. The van der Waals surface area contributed by atoms with Crippen molar-refractivity contribution in [3.63, 3.8) is 0 Å². The molecule has 0 radical (unpaired) electrons. The summed E-state index contributed by atoms with van der Waals surface area (Å²) >= 11 is 0. The lowest BCUT2D eigenvalue weighted by atomic mass is 10.2. The Morgan fingerprint density at radius 2 is 1.61 bits per heavy atom. The smallest absolute Gasteiger partial charge is 0.146 e. The molecule has 1 N–H and O–H groups in total. The van der Waals surface area contributed by atoms with Crippen LogP contribution >= 0.6 is 0 Å². The normalized spacial score (nSPS) is 20.3. The standard InChI is InChI=1S/C16H28OSi/c1-12(2)18(13(3)4,14(5)6)10-9-15-7-8-16(17)11-15/h11-14,16-17H,7-8H2,1-6H3/t16-/m0/s1. The SMILES string of the molecule is CC(C)[Si](C#CC1=C[C@@H](O)CC1)(C(C)C)C(C)C. The number of aliphatic hydroxyl groups excluding tert-OH is 1. The van der Waals surface area contributed by atoms with Crippen LogP contribution in [0.3, 0.4) is 0 Å². The van der Waals surface area contributed by atoms with E-state index in [1.54, 1.807) is 0 Å². The molecule has 0 heterocycles. The van der Waals surface area contributed by atoms with Crippen LogP contribution in [0.15, 0.2) is 11.6 Å². The third-order valence-corrected chi connectivity index (χ3v) is 10.7. The minimum atomic E-state index is -1.60. The van der Waals surface area contributed by atoms with Gasteiger partial charge in [-0.3, -0.25) is 0 Å². The van der Waals surface area contributed by atoms with E-state index in [0.717, 1.165) is 18.4 Å². The van der Waals surface area contributed by atoms with Crippen LogP contribution in [0.1, 0.15) is 54.4 Å². The largest absolute Gasteiger partial charge is 0.389 e. The molecule has 18 heavy (non-hydrogen) atoms. The first kappa shape index (κ1) is 15.5.